The van der Waals surface area contributed by atoms with Gasteiger partial charge in [0, 0.05) is 5.92 Å². The monoisotopic (exact) mass is 254 g/mol. The summed E-state index contributed by atoms with van der Waals surface area (Å²) in [5.41, 5.74) is 0.629. The Morgan fingerprint density at radius 3 is 2.71 bits per heavy atom. The minimum absolute atomic E-state index is 0.0548. The van der Waals surface area contributed by atoms with E-state index in [1.165, 1.54) is 7.11 Å². The Morgan fingerprint density at radius 1 is 1.41 bits per heavy atom. The maximum Gasteiger partial charge on any atom is 0.308 e. The summed E-state index contributed by atoms with van der Waals surface area (Å²) in [7, 11) is 0.210. The van der Waals surface area contributed by atoms with Gasteiger partial charge in [-0.15, -0.1) is 0 Å². The van der Waals surface area contributed by atoms with Gasteiger partial charge in [0.2, 0.25) is 0 Å². The second kappa shape index (κ2) is 4.57. The zero-order valence-electron chi connectivity index (χ0n) is 11.1. The van der Waals surface area contributed by atoms with Crippen molar-refractivity contribution in [3.8, 4) is 0 Å². The van der Waals surface area contributed by atoms with Gasteiger partial charge in [-0.1, -0.05) is 31.8 Å². The van der Waals surface area contributed by atoms with Gasteiger partial charge in [0.1, 0.15) is 0 Å². The van der Waals surface area contributed by atoms with E-state index in [0.29, 0.717) is 23.8 Å². The highest BCUT2D eigenvalue weighted by Gasteiger charge is 2.48. The molecule has 0 spiro atoms. The van der Waals surface area contributed by atoms with Crippen molar-refractivity contribution in [2.75, 3.05) is 13.7 Å². The fourth-order valence-electron chi connectivity index (χ4n) is 3.11. The number of carbonyl (C=O) groups is 1. The van der Waals surface area contributed by atoms with Crippen LogP contribution < -0.4 is 0 Å². The van der Waals surface area contributed by atoms with E-state index in [-0.39, 0.29) is 12.1 Å². The predicted molar refractivity (Wildman–Crippen MR) is 69.6 cm³/mol. The molecule has 0 amide bonds. The maximum atomic E-state index is 11.4. The molecule has 2 rings (SSSR count). The van der Waals surface area contributed by atoms with E-state index in [9.17, 15) is 4.79 Å². The fraction of sp³-hybridized carbons (Fsp3) is 0.769. The average molecular weight is 254 g/mol. The molecular formula is C13H22O3Si. The summed E-state index contributed by atoms with van der Waals surface area (Å²) in [4.78, 5) is 11.4. The summed E-state index contributed by atoms with van der Waals surface area (Å²) in [6, 6.07) is 0. The van der Waals surface area contributed by atoms with E-state index in [0.717, 1.165) is 6.61 Å². The normalized spacial score (nSPS) is 36.0. The van der Waals surface area contributed by atoms with E-state index in [1.807, 2.05) is 0 Å². The first-order valence-electron chi connectivity index (χ1n) is 6.30. The average Bonchev–Trinajstić information content (AvgIpc) is 2.79. The van der Waals surface area contributed by atoms with Gasteiger partial charge in [-0.3, -0.25) is 4.79 Å². The number of methoxy groups -OCH3 is 1. The highest BCUT2D eigenvalue weighted by Crippen LogP contribution is 2.48. The molecule has 1 saturated heterocycles. The molecule has 0 bridgehead atoms. The second-order valence-corrected chi connectivity index (χ2v) is 11.6. The summed E-state index contributed by atoms with van der Waals surface area (Å²) in [5.74, 6) is 0.860. The number of esters is 1. The Hall–Kier alpha value is -0.613. The Morgan fingerprint density at radius 2 is 2.12 bits per heavy atom. The lowest BCUT2D eigenvalue weighted by Crippen LogP contribution is -2.36. The van der Waals surface area contributed by atoms with Crippen molar-refractivity contribution >= 4 is 14.0 Å². The van der Waals surface area contributed by atoms with Crippen LogP contribution in [0.3, 0.4) is 0 Å². The van der Waals surface area contributed by atoms with Crippen molar-refractivity contribution in [3.05, 3.63) is 12.2 Å². The van der Waals surface area contributed by atoms with Gasteiger partial charge in [-0.05, 0) is 11.5 Å². The third-order valence-corrected chi connectivity index (χ3v) is 6.58. The molecule has 1 fully saturated rings. The summed E-state index contributed by atoms with van der Waals surface area (Å²) in [6.07, 6.45) is 5.12. The van der Waals surface area contributed by atoms with Crippen molar-refractivity contribution in [2.24, 2.45) is 11.8 Å². The van der Waals surface area contributed by atoms with E-state index >= 15 is 0 Å². The van der Waals surface area contributed by atoms with Crippen LogP contribution in [0.25, 0.3) is 0 Å². The van der Waals surface area contributed by atoms with Gasteiger partial charge in [-0.25, -0.2) is 0 Å². The standard InChI is InChI=1S/C13H22O3Si/c1-15-12(14)7-10-13-9(8-16-10)5-6-11(13)17(2,3)4/h5-6,9-11,13H,7-8H2,1-4H3/t9-,10?,11+,13-/m0/s1. The molecule has 2 aliphatic rings. The third kappa shape index (κ3) is 2.47. The minimum Gasteiger partial charge on any atom is -0.469 e. The highest BCUT2D eigenvalue weighted by atomic mass is 28.3. The summed E-state index contributed by atoms with van der Waals surface area (Å²) < 4.78 is 10.5. The first kappa shape index (κ1) is 12.8. The van der Waals surface area contributed by atoms with Gasteiger partial charge in [0.15, 0.2) is 0 Å². The molecule has 0 aromatic carbocycles. The van der Waals surface area contributed by atoms with Gasteiger partial charge in [-0.2, -0.15) is 0 Å². The van der Waals surface area contributed by atoms with E-state index < -0.39 is 8.07 Å². The molecule has 0 saturated carbocycles. The quantitative estimate of drug-likeness (QED) is 0.441. The van der Waals surface area contributed by atoms with Gasteiger partial charge >= 0.3 is 5.97 Å². The zero-order chi connectivity index (χ0) is 12.6. The lowest BCUT2D eigenvalue weighted by atomic mass is 9.91. The number of ether oxygens (including phenoxy) is 2. The number of allylic oxidation sites excluding steroid dienone is 1. The highest BCUT2D eigenvalue weighted by molar-refractivity contribution is 6.78. The topological polar surface area (TPSA) is 35.5 Å². The fourth-order valence-corrected chi connectivity index (χ4v) is 5.42. The van der Waals surface area contributed by atoms with Crippen LogP contribution in [0.4, 0.5) is 0 Å². The van der Waals surface area contributed by atoms with Gasteiger partial charge < -0.3 is 9.47 Å². The van der Waals surface area contributed by atoms with Crippen LogP contribution in [0.5, 0.6) is 0 Å². The number of fused-ring (bicyclic) bond motifs is 1. The smallest absolute Gasteiger partial charge is 0.308 e. The van der Waals surface area contributed by atoms with Crippen LogP contribution in [0, 0.1) is 11.8 Å². The largest absolute Gasteiger partial charge is 0.469 e. The molecule has 1 aliphatic carbocycles. The molecule has 0 aromatic rings. The molecule has 3 nitrogen and oxygen atoms in total. The summed E-state index contributed by atoms with van der Waals surface area (Å²) in [5, 5.41) is 0. The van der Waals surface area contributed by atoms with E-state index in [4.69, 9.17) is 9.47 Å². The Balaban J connectivity index is 2.10. The molecule has 1 unspecified atom stereocenters. The second-order valence-electron chi connectivity index (χ2n) is 6.17. The minimum atomic E-state index is -1.23. The van der Waals surface area contributed by atoms with Crippen LogP contribution in [0.1, 0.15) is 6.42 Å². The van der Waals surface area contributed by atoms with Crippen molar-refractivity contribution in [1.29, 1.82) is 0 Å². The summed E-state index contributed by atoms with van der Waals surface area (Å²) in [6.45, 7) is 7.93. The van der Waals surface area contributed by atoms with E-state index in [2.05, 4.69) is 31.8 Å². The first-order valence-corrected chi connectivity index (χ1v) is 9.88. The van der Waals surface area contributed by atoms with Crippen LogP contribution >= 0.6 is 0 Å². The molecule has 96 valence electrons. The Kier molecular flexibility index (Phi) is 3.45. The van der Waals surface area contributed by atoms with Crippen molar-refractivity contribution < 1.29 is 14.3 Å². The zero-order valence-corrected chi connectivity index (χ0v) is 12.1. The number of carbonyl (C=O) groups excluding carboxylic acids is 1. The molecule has 0 N–H and O–H groups in total. The van der Waals surface area contributed by atoms with Gasteiger partial charge in [0.25, 0.3) is 0 Å². The van der Waals surface area contributed by atoms with Crippen molar-refractivity contribution in [2.45, 2.75) is 37.7 Å². The van der Waals surface area contributed by atoms with Crippen molar-refractivity contribution in [3.63, 3.8) is 0 Å². The molecule has 17 heavy (non-hydrogen) atoms. The SMILES string of the molecule is COC(=O)CC1OC[C@@H]2C=C[C@@H]([Si](C)(C)C)[C@H]12. The van der Waals surface area contributed by atoms with Crippen LogP contribution in [0.2, 0.25) is 25.2 Å². The lowest BCUT2D eigenvalue weighted by molar-refractivity contribution is -0.143. The first-order chi connectivity index (χ1) is 7.93. The molecule has 0 radical (unpaired) electrons. The number of rotatable bonds is 3. The summed E-state index contributed by atoms with van der Waals surface area (Å²) >= 11 is 0. The van der Waals surface area contributed by atoms with Crippen molar-refractivity contribution in [1.82, 2.24) is 0 Å². The van der Waals surface area contributed by atoms with Crippen LogP contribution in [-0.2, 0) is 14.3 Å². The van der Waals surface area contributed by atoms with E-state index in [1.54, 1.807) is 0 Å². The molecular weight excluding hydrogens is 232 g/mol. The predicted octanol–water partition coefficient (Wildman–Crippen LogP) is 2.46. The third-order valence-electron chi connectivity index (χ3n) is 4.00. The molecule has 4 heteroatoms. The van der Waals surface area contributed by atoms with Crippen LogP contribution in [0.15, 0.2) is 12.2 Å². The molecule has 0 aromatic heterocycles. The lowest BCUT2D eigenvalue weighted by Gasteiger charge is -2.32. The van der Waals surface area contributed by atoms with Gasteiger partial charge in [0.05, 0.1) is 34.3 Å². The molecule has 1 heterocycles. The molecule has 1 aliphatic heterocycles. The number of hydrogen-bond acceptors (Lipinski definition) is 3. The maximum absolute atomic E-state index is 11.4. The number of hydrogen-bond donors (Lipinski definition) is 0. The Bertz CT molecular complexity index is 332. The Labute approximate surface area is 104 Å². The van der Waals surface area contributed by atoms with Crippen LogP contribution in [-0.4, -0.2) is 33.9 Å². The molecule has 4 atom stereocenters.